The second-order valence-electron chi connectivity index (χ2n) is 8.35. The van der Waals surface area contributed by atoms with Gasteiger partial charge in [0.2, 0.25) is 0 Å². The van der Waals surface area contributed by atoms with Gasteiger partial charge in [0.25, 0.3) is 0 Å². The van der Waals surface area contributed by atoms with E-state index in [4.69, 9.17) is 0 Å². The molecule has 0 bridgehead atoms. The lowest BCUT2D eigenvalue weighted by Gasteiger charge is -2.33. The van der Waals surface area contributed by atoms with Crippen molar-refractivity contribution in [3.05, 3.63) is 35.4 Å². The second-order valence-corrected chi connectivity index (χ2v) is 8.35. The largest absolute Gasteiger partial charge is 0.416 e. The highest BCUT2D eigenvalue weighted by molar-refractivity contribution is 5.74. The molecule has 5 nitrogen and oxygen atoms in total. The zero-order valence-corrected chi connectivity index (χ0v) is 17.0. The molecule has 2 saturated heterocycles. The Morgan fingerprint density at radius 2 is 1.79 bits per heavy atom. The fraction of sp³-hybridized carbons (Fsp3) is 0.667. The zero-order chi connectivity index (χ0) is 20.9. The molecule has 0 aliphatic carbocycles. The van der Waals surface area contributed by atoms with Crippen molar-refractivity contribution in [3.63, 3.8) is 0 Å². The van der Waals surface area contributed by atoms with Crippen LogP contribution in [0.5, 0.6) is 0 Å². The number of amides is 2. The molecule has 2 N–H and O–H groups in total. The number of alkyl halides is 3. The summed E-state index contributed by atoms with van der Waals surface area (Å²) in [5.41, 5.74) is 0.0648. The molecule has 0 aromatic heterocycles. The van der Waals surface area contributed by atoms with E-state index in [-0.39, 0.29) is 12.1 Å². The predicted octanol–water partition coefficient (Wildman–Crippen LogP) is 3.31. The number of hydrogen-bond acceptors (Lipinski definition) is 3. The number of nitrogens with one attached hydrogen (secondary N) is 2. The fourth-order valence-electron chi connectivity index (χ4n) is 4.08. The monoisotopic (exact) mass is 412 g/mol. The van der Waals surface area contributed by atoms with Crippen LogP contribution in [0.25, 0.3) is 0 Å². The molecule has 2 aliphatic heterocycles. The number of likely N-dealkylation sites (tertiary alicyclic amines) is 2. The molecule has 2 aliphatic rings. The van der Waals surface area contributed by atoms with Crippen LogP contribution in [0.15, 0.2) is 24.3 Å². The van der Waals surface area contributed by atoms with Gasteiger partial charge in [-0.1, -0.05) is 18.2 Å². The first-order valence-electron chi connectivity index (χ1n) is 10.4. The van der Waals surface area contributed by atoms with Crippen LogP contribution in [0, 0.1) is 5.92 Å². The van der Waals surface area contributed by atoms with Gasteiger partial charge in [0.05, 0.1) is 5.56 Å². The Morgan fingerprint density at radius 3 is 2.45 bits per heavy atom. The molecule has 0 radical (unpaired) electrons. The zero-order valence-electron chi connectivity index (χ0n) is 17.0. The number of hydrogen-bond donors (Lipinski definition) is 2. The Bertz CT molecular complexity index is 666. The summed E-state index contributed by atoms with van der Waals surface area (Å²) in [5, 5.41) is 6.04. The van der Waals surface area contributed by atoms with E-state index in [1.54, 1.807) is 6.07 Å². The van der Waals surface area contributed by atoms with Crippen LogP contribution in [0.4, 0.5) is 18.0 Å². The van der Waals surface area contributed by atoms with Gasteiger partial charge in [-0.05, 0) is 63.4 Å². The normalized spacial score (nSPS) is 20.6. The van der Waals surface area contributed by atoms with Crippen molar-refractivity contribution in [1.29, 1.82) is 0 Å². The van der Waals surface area contributed by atoms with Gasteiger partial charge in [-0.3, -0.25) is 4.90 Å². The number of carbonyl (C=O) groups excluding carboxylic acids is 1. The van der Waals surface area contributed by atoms with Crippen molar-refractivity contribution < 1.29 is 18.0 Å². The lowest BCUT2D eigenvalue weighted by molar-refractivity contribution is -0.137. The van der Waals surface area contributed by atoms with Crippen molar-refractivity contribution in [1.82, 2.24) is 20.4 Å². The number of benzene rings is 1. The molecule has 29 heavy (non-hydrogen) atoms. The summed E-state index contributed by atoms with van der Waals surface area (Å²) in [6, 6.07) is 5.52. The maximum Gasteiger partial charge on any atom is 0.416 e. The molecule has 1 aromatic carbocycles. The lowest BCUT2D eigenvalue weighted by atomic mass is 9.97. The molecule has 162 valence electrons. The smallest absolute Gasteiger partial charge is 0.338 e. The van der Waals surface area contributed by atoms with Crippen molar-refractivity contribution >= 4 is 6.03 Å². The quantitative estimate of drug-likeness (QED) is 0.780. The summed E-state index contributed by atoms with van der Waals surface area (Å²) in [6.45, 7) is 4.90. The van der Waals surface area contributed by atoms with Gasteiger partial charge in [0, 0.05) is 32.2 Å². The van der Waals surface area contributed by atoms with Gasteiger partial charge >= 0.3 is 12.2 Å². The summed E-state index contributed by atoms with van der Waals surface area (Å²) in [7, 11) is 2.12. The first-order valence-corrected chi connectivity index (χ1v) is 10.4. The molecular formula is C21H31F3N4O. The van der Waals surface area contributed by atoms with E-state index in [2.05, 4.69) is 27.5 Å². The first kappa shape index (κ1) is 21.9. The number of nitrogens with zero attached hydrogens (tertiary/aromatic N) is 2. The maximum absolute atomic E-state index is 12.9. The topological polar surface area (TPSA) is 47.6 Å². The maximum atomic E-state index is 12.9. The van der Waals surface area contributed by atoms with Gasteiger partial charge in [0.15, 0.2) is 0 Å². The summed E-state index contributed by atoms with van der Waals surface area (Å²) >= 11 is 0. The van der Waals surface area contributed by atoms with E-state index < -0.39 is 11.7 Å². The Hall–Kier alpha value is -1.80. The lowest BCUT2D eigenvalue weighted by Crippen LogP contribution is -2.48. The third-order valence-electron chi connectivity index (χ3n) is 5.97. The van der Waals surface area contributed by atoms with Crippen molar-refractivity contribution in [3.8, 4) is 0 Å². The van der Waals surface area contributed by atoms with Gasteiger partial charge in [-0.2, -0.15) is 13.2 Å². The molecule has 8 heteroatoms. The van der Waals surface area contributed by atoms with E-state index in [9.17, 15) is 18.0 Å². The molecule has 1 aromatic rings. The number of rotatable bonds is 5. The third kappa shape index (κ3) is 6.89. The summed E-state index contributed by atoms with van der Waals surface area (Å²) in [4.78, 5) is 16.6. The van der Waals surface area contributed by atoms with Crippen LogP contribution in [0.1, 0.15) is 36.8 Å². The molecule has 0 atom stereocenters. The van der Waals surface area contributed by atoms with Crippen LogP contribution >= 0.6 is 0 Å². The Morgan fingerprint density at radius 1 is 1.10 bits per heavy atom. The van der Waals surface area contributed by atoms with Crippen LogP contribution in [0.2, 0.25) is 0 Å². The average molecular weight is 413 g/mol. The summed E-state index contributed by atoms with van der Waals surface area (Å²) in [6.07, 6.45) is -0.468. The number of urea groups is 1. The first-order chi connectivity index (χ1) is 13.8. The molecule has 2 amide bonds. The van der Waals surface area contributed by atoms with E-state index in [0.29, 0.717) is 24.6 Å². The SMILES string of the molecule is CN1CCC(CNC(=O)NC2CCN(Cc3cccc(C(F)(F)F)c3)CC2)CC1. The van der Waals surface area contributed by atoms with Crippen molar-refractivity contribution in [2.75, 3.05) is 39.8 Å². The number of halogens is 3. The average Bonchev–Trinajstić information content (AvgIpc) is 2.69. The Labute approximate surface area is 170 Å². The molecule has 0 saturated carbocycles. The van der Waals surface area contributed by atoms with Gasteiger partial charge in [-0.15, -0.1) is 0 Å². The minimum Gasteiger partial charge on any atom is -0.338 e. The van der Waals surface area contributed by atoms with Crippen LogP contribution < -0.4 is 10.6 Å². The standard InChI is InChI=1S/C21H31F3N4O/c1-27-9-5-16(6-10-27)14-25-20(29)26-19-7-11-28(12-8-19)15-17-3-2-4-18(13-17)21(22,23)24/h2-4,13,16,19H,5-12,14-15H2,1H3,(H2,25,26,29). The van der Waals surface area contributed by atoms with Gasteiger partial charge in [0.1, 0.15) is 0 Å². The molecular weight excluding hydrogens is 381 g/mol. The molecule has 0 unspecified atom stereocenters. The van der Waals surface area contributed by atoms with Gasteiger partial charge < -0.3 is 15.5 Å². The van der Waals surface area contributed by atoms with E-state index in [1.165, 1.54) is 12.1 Å². The van der Waals surface area contributed by atoms with Crippen LogP contribution in [-0.2, 0) is 12.7 Å². The Balaban J connectivity index is 1.36. The van der Waals surface area contributed by atoms with E-state index in [0.717, 1.165) is 57.9 Å². The molecule has 2 fully saturated rings. The van der Waals surface area contributed by atoms with E-state index in [1.807, 2.05) is 0 Å². The highest BCUT2D eigenvalue weighted by Crippen LogP contribution is 2.30. The van der Waals surface area contributed by atoms with Crippen LogP contribution in [0.3, 0.4) is 0 Å². The minimum atomic E-state index is -4.31. The molecule has 3 rings (SSSR count). The highest BCUT2D eigenvalue weighted by Gasteiger charge is 2.30. The number of carbonyl (C=O) groups is 1. The Kier molecular flexibility index (Phi) is 7.40. The van der Waals surface area contributed by atoms with Crippen molar-refractivity contribution in [2.24, 2.45) is 5.92 Å². The molecule has 2 heterocycles. The predicted molar refractivity (Wildman–Crippen MR) is 106 cm³/mol. The second kappa shape index (κ2) is 9.80. The molecule has 0 spiro atoms. The van der Waals surface area contributed by atoms with Gasteiger partial charge in [-0.25, -0.2) is 4.79 Å². The third-order valence-corrected chi connectivity index (χ3v) is 5.97. The summed E-state index contributed by atoms with van der Waals surface area (Å²) < 4.78 is 38.6. The summed E-state index contributed by atoms with van der Waals surface area (Å²) in [5.74, 6) is 0.547. The van der Waals surface area contributed by atoms with E-state index >= 15 is 0 Å². The van der Waals surface area contributed by atoms with Crippen LogP contribution in [-0.4, -0.2) is 61.6 Å². The minimum absolute atomic E-state index is 0.111. The highest BCUT2D eigenvalue weighted by atomic mass is 19.4. The fourth-order valence-corrected chi connectivity index (χ4v) is 4.08. The number of piperidine rings is 2. The van der Waals surface area contributed by atoms with Crippen molar-refractivity contribution in [2.45, 2.75) is 44.4 Å².